The van der Waals surface area contributed by atoms with Gasteiger partial charge in [0.05, 0.1) is 33.6 Å². The van der Waals surface area contributed by atoms with E-state index in [4.69, 9.17) is 27.9 Å². The van der Waals surface area contributed by atoms with Crippen LogP contribution in [0.15, 0.2) is 54.0 Å². The summed E-state index contributed by atoms with van der Waals surface area (Å²) in [4.78, 5) is 16.6. The maximum Gasteiger partial charge on any atom is 0.340 e. The first kappa shape index (κ1) is 20.9. The summed E-state index contributed by atoms with van der Waals surface area (Å²) in [6.45, 7) is 2.03. The van der Waals surface area contributed by atoms with Gasteiger partial charge < -0.3 is 10.1 Å². The number of carbonyl (C=O) groups excluding carboxylic acids is 1. The fraction of sp³-hybridized carbons (Fsp3) is 0.0952. The van der Waals surface area contributed by atoms with Crippen molar-refractivity contribution in [1.29, 1.82) is 5.26 Å². The van der Waals surface area contributed by atoms with Gasteiger partial charge in [0.25, 0.3) is 0 Å². The van der Waals surface area contributed by atoms with Gasteiger partial charge in [0.1, 0.15) is 16.6 Å². The number of nitriles is 1. The lowest BCUT2D eigenvalue weighted by Crippen LogP contribution is -2.07. The van der Waals surface area contributed by atoms with Gasteiger partial charge >= 0.3 is 5.97 Å². The number of anilines is 1. The molecule has 0 spiro atoms. The Morgan fingerprint density at radius 3 is 2.79 bits per heavy atom. The van der Waals surface area contributed by atoms with Crippen molar-refractivity contribution in [2.75, 3.05) is 11.9 Å². The highest BCUT2D eigenvalue weighted by molar-refractivity contribution is 7.11. The average Bonchev–Trinajstić information content (AvgIpc) is 3.21. The molecule has 0 unspecified atom stereocenters. The molecule has 0 radical (unpaired) electrons. The van der Waals surface area contributed by atoms with E-state index in [1.165, 1.54) is 17.5 Å². The summed E-state index contributed by atoms with van der Waals surface area (Å²) in [5.74, 6) is -0.432. The number of benzene rings is 2. The van der Waals surface area contributed by atoms with Crippen molar-refractivity contribution < 1.29 is 9.53 Å². The second-order valence-electron chi connectivity index (χ2n) is 5.75. The summed E-state index contributed by atoms with van der Waals surface area (Å²) in [5.41, 5.74) is 2.76. The molecule has 1 heterocycles. The molecule has 0 atom stereocenters. The monoisotopic (exact) mass is 443 g/mol. The van der Waals surface area contributed by atoms with Crippen LogP contribution in [0.3, 0.4) is 0 Å². The number of hydrogen-bond acceptors (Lipinski definition) is 6. The number of hydrogen-bond donors (Lipinski definition) is 1. The smallest absolute Gasteiger partial charge is 0.340 e. The Morgan fingerprint density at radius 1 is 1.28 bits per heavy atom. The molecule has 1 N–H and O–H groups in total. The molecule has 146 valence electrons. The Bertz CT molecular complexity index is 1120. The number of thiazole rings is 1. The lowest BCUT2D eigenvalue weighted by atomic mass is 10.1. The topological polar surface area (TPSA) is 75.0 Å². The Morgan fingerprint density at radius 2 is 2.07 bits per heavy atom. The average molecular weight is 444 g/mol. The lowest BCUT2D eigenvalue weighted by molar-refractivity contribution is 0.0527. The van der Waals surface area contributed by atoms with E-state index in [-0.39, 0.29) is 6.61 Å². The van der Waals surface area contributed by atoms with Gasteiger partial charge in [-0.2, -0.15) is 5.26 Å². The first-order valence-electron chi connectivity index (χ1n) is 8.57. The number of halogens is 2. The van der Waals surface area contributed by atoms with Gasteiger partial charge in [-0.05, 0) is 31.2 Å². The summed E-state index contributed by atoms with van der Waals surface area (Å²) in [6, 6.07) is 14.3. The number of ether oxygens (including phenoxy) is 1. The van der Waals surface area contributed by atoms with E-state index in [2.05, 4.69) is 16.4 Å². The lowest BCUT2D eigenvalue weighted by Gasteiger charge is -2.08. The molecule has 0 bridgehead atoms. The maximum atomic E-state index is 12.1. The number of allylic oxidation sites excluding steroid dienone is 1. The Kier molecular flexibility index (Phi) is 6.89. The number of nitrogens with one attached hydrogen (secondary N) is 1. The van der Waals surface area contributed by atoms with Crippen LogP contribution in [0.1, 0.15) is 22.3 Å². The Hall–Kier alpha value is -2.85. The van der Waals surface area contributed by atoms with E-state index in [1.807, 2.05) is 11.4 Å². The van der Waals surface area contributed by atoms with Gasteiger partial charge in [-0.1, -0.05) is 41.4 Å². The molecule has 8 heteroatoms. The standard InChI is InChI=1S/C21H15Cl2N3O2S/c1-2-28-21(27)15-5-3-4-6-18(15)25-11-14(10-24)20-26-19(12-29-20)13-7-8-16(22)17(23)9-13/h3-9,11-12,25H,2H2,1H3/b14-11+. The summed E-state index contributed by atoms with van der Waals surface area (Å²) in [7, 11) is 0. The number of para-hydroxylation sites is 1. The second kappa shape index (κ2) is 9.57. The highest BCUT2D eigenvalue weighted by Gasteiger charge is 2.13. The van der Waals surface area contributed by atoms with Gasteiger partial charge in [-0.3, -0.25) is 0 Å². The zero-order chi connectivity index (χ0) is 20.8. The predicted octanol–water partition coefficient (Wildman–Crippen LogP) is 6.27. The normalized spacial score (nSPS) is 11.0. The van der Waals surface area contributed by atoms with E-state index in [1.54, 1.807) is 43.3 Å². The first-order valence-corrected chi connectivity index (χ1v) is 10.2. The van der Waals surface area contributed by atoms with Crippen LogP contribution >= 0.6 is 34.5 Å². The van der Waals surface area contributed by atoms with Crippen molar-refractivity contribution in [1.82, 2.24) is 4.98 Å². The number of carbonyl (C=O) groups is 1. The van der Waals surface area contributed by atoms with Gasteiger partial charge in [-0.15, -0.1) is 11.3 Å². The van der Waals surface area contributed by atoms with Crippen molar-refractivity contribution in [3.63, 3.8) is 0 Å². The molecular formula is C21H15Cl2N3O2S. The minimum Gasteiger partial charge on any atom is -0.462 e. The van der Waals surface area contributed by atoms with Gasteiger partial charge in [0, 0.05) is 17.1 Å². The predicted molar refractivity (Wildman–Crippen MR) is 117 cm³/mol. The van der Waals surface area contributed by atoms with Crippen molar-refractivity contribution in [3.05, 3.63) is 74.7 Å². The van der Waals surface area contributed by atoms with Gasteiger partial charge in [0.15, 0.2) is 0 Å². The molecule has 0 aliphatic heterocycles. The van der Waals surface area contributed by atoms with Gasteiger partial charge in [0.2, 0.25) is 0 Å². The third-order valence-corrected chi connectivity index (χ3v) is 5.48. The van der Waals surface area contributed by atoms with Crippen LogP contribution in [0, 0.1) is 11.3 Å². The molecule has 0 fully saturated rings. The minimum absolute atomic E-state index is 0.281. The van der Waals surface area contributed by atoms with Crippen LogP contribution in [0.4, 0.5) is 5.69 Å². The maximum absolute atomic E-state index is 12.1. The van der Waals surface area contributed by atoms with Crippen LogP contribution in [-0.2, 0) is 4.74 Å². The molecule has 0 saturated heterocycles. The minimum atomic E-state index is -0.432. The fourth-order valence-corrected chi connectivity index (χ4v) is 3.57. The zero-order valence-corrected chi connectivity index (χ0v) is 17.6. The molecule has 5 nitrogen and oxygen atoms in total. The number of aromatic nitrogens is 1. The molecule has 0 amide bonds. The highest BCUT2D eigenvalue weighted by Crippen LogP contribution is 2.31. The van der Waals surface area contributed by atoms with Crippen molar-refractivity contribution in [2.45, 2.75) is 6.92 Å². The molecule has 0 saturated carbocycles. The largest absolute Gasteiger partial charge is 0.462 e. The number of nitrogens with zero attached hydrogens (tertiary/aromatic N) is 2. The fourth-order valence-electron chi connectivity index (χ4n) is 2.47. The quantitative estimate of drug-likeness (QED) is 0.358. The van der Waals surface area contributed by atoms with E-state index in [0.29, 0.717) is 37.6 Å². The van der Waals surface area contributed by atoms with Crippen molar-refractivity contribution in [3.8, 4) is 17.3 Å². The highest BCUT2D eigenvalue weighted by atomic mass is 35.5. The van der Waals surface area contributed by atoms with Crippen LogP contribution < -0.4 is 5.32 Å². The SMILES string of the molecule is CCOC(=O)c1ccccc1N/C=C(\C#N)c1nc(-c2ccc(Cl)c(Cl)c2)cs1. The molecule has 0 aliphatic rings. The Labute approximate surface area is 182 Å². The summed E-state index contributed by atoms with van der Waals surface area (Å²) in [5, 5.41) is 15.8. The molecule has 2 aromatic carbocycles. The zero-order valence-electron chi connectivity index (χ0n) is 15.3. The van der Waals surface area contributed by atoms with E-state index < -0.39 is 5.97 Å². The second-order valence-corrected chi connectivity index (χ2v) is 7.42. The van der Waals surface area contributed by atoms with E-state index in [9.17, 15) is 10.1 Å². The first-order chi connectivity index (χ1) is 14.0. The van der Waals surface area contributed by atoms with Crippen LogP contribution in [0.5, 0.6) is 0 Å². The molecule has 3 aromatic rings. The van der Waals surface area contributed by atoms with E-state index in [0.717, 1.165) is 5.56 Å². The number of esters is 1. The molecular weight excluding hydrogens is 429 g/mol. The molecule has 29 heavy (non-hydrogen) atoms. The van der Waals surface area contributed by atoms with Crippen molar-refractivity contribution >= 4 is 51.8 Å². The van der Waals surface area contributed by atoms with Crippen LogP contribution in [-0.4, -0.2) is 17.6 Å². The molecule has 1 aromatic heterocycles. The molecule has 0 aliphatic carbocycles. The third-order valence-electron chi connectivity index (χ3n) is 3.86. The summed E-state index contributed by atoms with van der Waals surface area (Å²) in [6.07, 6.45) is 1.52. The van der Waals surface area contributed by atoms with Crippen LogP contribution in [0.2, 0.25) is 10.0 Å². The van der Waals surface area contributed by atoms with Crippen LogP contribution in [0.25, 0.3) is 16.8 Å². The van der Waals surface area contributed by atoms with Gasteiger partial charge in [-0.25, -0.2) is 9.78 Å². The summed E-state index contributed by atoms with van der Waals surface area (Å²) < 4.78 is 5.06. The van der Waals surface area contributed by atoms with E-state index >= 15 is 0 Å². The Balaban J connectivity index is 1.85. The molecule has 3 rings (SSSR count). The summed E-state index contributed by atoms with van der Waals surface area (Å²) >= 11 is 13.4. The third kappa shape index (κ3) is 4.96. The number of rotatable bonds is 6. The van der Waals surface area contributed by atoms with Crippen molar-refractivity contribution in [2.24, 2.45) is 0 Å².